The number of rotatable bonds is 4. The van der Waals surface area contributed by atoms with Gasteiger partial charge >= 0.3 is 0 Å². The van der Waals surface area contributed by atoms with Crippen molar-refractivity contribution in [2.75, 3.05) is 25.0 Å². The summed E-state index contributed by atoms with van der Waals surface area (Å²) in [6, 6.07) is 7.41. The summed E-state index contributed by atoms with van der Waals surface area (Å²) >= 11 is 5.89. The first-order chi connectivity index (χ1) is 7.19. The molecule has 3 nitrogen and oxygen atoms in total. The van der Waals surface area contributed by atoms with E-state index < -0.39 is 0 Å². The summed E-state index contributed by atoms with van der Waals surface area (Å²) in [6.45, 7) is 1.47. The highest BCUT2D eigenvalue weighted by Gasteiger charge is 2.07. The maximum absolute atomic E-state index is 8.94. The Hall–Kier alpha value is -1.24. The van der Waals surface area contributed by atoms with Gasteiger partial charge in [-0.15, -0.1) is 0 Å². The standard InChI is InChI=1S/C11H14ClN3/c1-15(6-2-5-13)11-7-10(12)4-3-9(11)8-14/h3-4,7H,2,5-6,13H2,1H3. The maximum Gasteiger partial charge on any atom is 0.101 e. The van der Waals surface area contributed by atoms with E-state index in [4.69, 9.17) is 22.6 Å². The van der Waals surface area contributed by atoms with Crippen molar-refractivity contribution in [1.82, 2.24) is 0 Å². The molecule has 0 saturated carbocycles. The topological polar surface area (TPSA) is 53.0 Å². The van der Waals surface area contributed by atoms with Crippen molar-refractivity contribution < 1.29 is 0 Å². The van der Waals surface area contributed by atoms with Gasteiger partial charge in [-0.1, -0.05) is 11.6 Å². The zero-order chi connectivity index (χ0) is 11.3. The van der Waals surface area contributed by atoms with E-state index in [2.05, 4.69) is 6.07 Å². The summed E-state index contributed by atoms with van der Waals surface area (Å²) in [7, 11) is 1.93. The Morgan fingerprint density at radius 3 is 2.87 bits per heavy atom. The van der Waals surface area contributed by atoms with Crippen LogP contribution >= 0.6 is 11.6 Å². The van der Waals surface area contributed by atoms with Crippen LogP contribution in [0.4, 0.5) is 5.69 Å². The minimum absolute atomic E-state index is 0.638. The van der Waals surface area contributed by atoms with E-state index in [-0.39, 0.29) is 0 Å². The summed E-state index contributed by atoms with van der Waals surface area (Å²) in [5, 5.41) is 9.58. The van der Waals surface area contributed by atoms with Gasteiger partial charge in [0.1, 0.15) is 6.07 Å². The molecule has 0 spiro atoms. The molecule has 0 aliphatic carbocycles. The summed E-state index contributed by atoms with van der Waals surface area (Å²) in [6.07, 6.45) is 0.897. The zero-order valence-corrected chi connectivity index (χ0v) is 9.46. The molecule has 0 saturated heterocycles. The fourth-order valence-electron chi connectivity index (χ4n) is 1.36. The zero-order valence-electron chi connectivity index (χ0n) is 8.70. The van der Waals surface area contributed by atoms with Crippen LogP contribution in [0.15, 0.2) is 18.2 Å². The smallest absolute Gasteiger partial charge is 0.101 e. The molecule has 0 radical (unpaired) electrons. The highest BCUT2D eigenvalue weighted by molar-refractivity contribution is 6.30. The van der Waals surface area contributed by atoms with E-state index in [1.807, 2.05) is 11.9 Å². The van der Waals surface area contributed by atoms with Crippen LogP contribution in [-0.2, 0) is 0 Å². The lowest BCUT2D eigenvalue weighted by Crippen LogP contribution is -2.21. The molecule has 0 amide bonds. The van der Waals surface area contributed by atoms with E-state index >= 15 is 0 Å². The lowest BCUT2D eigenvalue weighted by atomic mass is 10.2. The van der Waals surface area contributed by atoms with E-state index in [1.54, 1.807) is 18.2 Å². The molecule has 2 N–H and O–H groups in total. The fraction of sp³-hybridized carbons (Fsp3) is 0.364. The number of nitrogens with two attached hydrogens (primary N) is 1. The molecule has 0 aromatic heterocycles. The number of hydrogen-bond donors (Lipinski definition) is 1. The van der Waals surface area contributed by atoms with E-state index in [0.29, 0.717) is 17.1 Å². The van der Waals surface area contributed by atoms with Crippen LogP contribution in [0.2, 0.25) is 5.02 Å². The second-order valence-corrected chi connectivity index (χ2v) is 3.77. The Morgan fingerprint density at radius 1 is 1.53 bits per heavy atom. The monoisotopic (exact) mass is 223 g/mol. The van der Waals surface area contributed by atoms with E-state index in [9.17, 15) is 0 Å². The molecular weight excluding hydrogens is 210 g/mol. The fourth-order valence-corrected chi connectivity index (χ4v) is 1.53. The molecule has 1 aromatic rings. The number of nitriles is 1. The van der Waals surface area contributed by atoms with Gasteiger partial charge in [-0.25, -0.2) is 0 Å². The number of benzene rings is 1. The normalized spacial score (nSPS) is 9.73. The number of halogens is 1. The van der Waals surface area contributed by atoms with Crippen LogP contribution in [-0.4, -0.2) is 20.1 Å². The van der Waals surface area contributed by atoms with Gasteiger partial charge in [0, 0.05) is 18.6 Å². The molecule has 0 fully saturated rings. The Morgan fingerprint density at radius 2 is 2.27 bits per heavy atom. The third-order valence-electron chi connectivity index (χ3n) is 2.19. The molecule has 0 unspecified atom stereocenters. The van der Waals surface area contributed by atoms with Crippen molar-refractivity contribution in [3.8, 4) is 6.07 Å². The summed E-state index contributed by atoms with van der Waals surface area (Å²) < 4.78 is 0. The lowest BCUT2D eigenvalue weighted by Gasteiger charge is -2.20. The van der Waals surface area contributed by atoms with E-state index in [1.165, 1.54) is 0 Å². The van der Waals surface area contributed by atoms with Gasteiger partial charge in [0.25, 0.3) is 0 Å². The molecule has 1 rings (SSSR count). The Bertz CT molecular complexity index is 371. The maximum atomic E-state index is 8.94. The first-order valence-electron chi connectivity index (χ1n) is 4.80. The molecule has 0 atom stereocenters. The van der Waals surface area contributed by atoms with Crippen molar-refractivity contribution in [3.63, 3.8) is 0 Å². The number of anilines is 1. The Kier molecular flexibility index (Phi) is 4.41. The van der Waals surface area contributed by atoms with Crippen LogP contribution in [0.5, 0.6) is 0 Å². The lowest BCUT2D eigenvalue weighted by molar-refractivity contribution is 0.795. The molecule has 15 heavy (non-hydrogen) atoms. The molecule has 4 heteroatoms. The third-order valence-corrected chi connectivity index (χ3v) is 2.42. The molecule has 0 aliphatic heterocycles. The van der Waals surface area contributed by atoms with Crippen LogP contribution in [0, 0.1) is 11.3 Å². The Labute approximate surface area is 95.1 Å². The first-order valence-corrected chi connectivity index (χ1v) is 5.17. The van der Waals surface area contributed by atoms with Gasteiger partial charge < -0.3 is 10.6 Å². The van der Waals surface area contributed by atoms with Crippen molar-refractivity contribution in [1.29, 1.82) is 5.26 Å². The van der Waals surface area contributed by atoms with Crippen LogP contribution < -0.4 is 10.6 Å². The summed E-state index contributed by atoms with van der Waals surface area (Å²) in [5.41, 5.74) is 6.94. The summed E-state index contributed by atoms with van der Waals surface area (Å²) in [5.74, 6) is 0. The van der Waals surface area contributed by atoms with Crippen molar-refractivity contribution in [2.45, 2.75) is 6.42 Å². The predicted octanol–water partition coefficient (Wildman–Crippen LogP) is 2.00. The second-order valence-electron chi connectivity index (χ2n) is 3.34. The Balaban J connectivity index is 2.91. The van der Waals surface area contributed by atoms with Crippen LogP contribution in [0.3, 0.4) is 0 Å². The highest BCUT2D eigenvalue weighted by atomic mass is 35.5. The van der Waals surface area contributed by atoms with Crippen LogP contribution in [0.25, 0.3) is 0 Å². The molecule has 0 aliphatic rings. The number of nitrogens with zero attached hydrogens (tertiary/aromatic N) is 2. The molecular formula is C11H14ClN3. The molecule has 80 valence electrons. The second kappa shape index (κ2) is 5.59. The van der Waals surface area contributed by atoms with Gasteiger partial charge in [-0.05, 0) is 31.2 Å². The number of hydrogen-bond acceptors (Lipinski definition) is 3. The quantitative estimate of drug-likeness (QED) is 0.850. The average Bonchev–Trinajstić information content (AvgIpc) is 2.25. The predicted molar refractivity (Wildman–Crippen MR) is 63.1 cm³/mol. The third kappa shape index (κ3) is 3.12. The van der Waals surface area contributed by atoms with E-state index in [0.717, 1.165) is 18.7 Å². The largest absolute Gasteiger partial charge is 0.373 e. The molecule has 0 bridgehead atoms. The SMILES string of the molecule is CN(CCCN)c1cc(Cl)ccc1C#N. The summed E-state index contributed by atoms with van der Waals surface area (Å²) in [4.78, 5) is 2.00. The van der Waals surface area contributed by atoms with Crippen molar-refractivity contribution in [3.05, 3.63) is 28.8 Å². The minimum atomic E-state index is 0.638. The first kappa shape index (κ1) is 11.8. The van der Waals surface area contributed by atoms with Gasteiger partial charge in [-0.3, -0.25) is 0 Å². The molecule has 1 aromatic carbocycles. The van der Waals surface area contributed by atoms with Gasteiger partial charge in [0.15, 0.2) is 0 Å². The highest BCUT2D eigenvalue weighted by Crippen LogP contribution is 2.23. The van der Waals surface area contributed by atoms with Crippen LogP contribution in [0.1, 0.15) is 12.0 Å². The minimum Gasteiger partial charge on any atom is -0.373 e. The molecule has 0 heterocycles. The average molecular weight is 224 g/mol. The van der Waals surface area contributed by atoms with Gasteiger partial charge in [0.2, 0.25) is 0 Å². The van der Waals surface area contributed by atoms with Crippen molar-refractivity contribution >= 4 is 17.3 Å². The van der Waals surface area contributed by atoms with Crippen molar-refractivity contribution in [2.24, 2.45) is 5.73 Å². The van der Waals surface area contributed by atoms with Gasteiger partial charge in [-0.2, -0.15) is 5.26 Å². The van der Waals surface area contributed by atoms with Gasteiger partial charge in [0.05, 0.1) is 11.3 Å².